The highest BCUT2D eigenvalue weighted by Crippen LogP contribution is 2.31. The molecule has 0 atom stereocenters. The van der Waals surface area contributed by atoms with Crippen molar-refractivity contribution in [2.45, 2.75) is 0 Å². The van der Waals surface area contributed by atoms with Gasteiger partial charge in [0.15, 0.2) is 6.29 Å². The van der Waals surface area contributed by atoms with Crippen molar-refractivity contribution in [3.63, 3.8) is 0 Å². The summed E-state index contributed by atoms with van der Waals surface area (Å²) in [4.78, 5) is 10.9. The molecule has 0 bridgehead atoms. The van der Waals surface area contributed by atoms with Crippen LogP contribution in [0.1, 0.15) is 10.4 Å². The van der Waals surface area contributed by atoms with Crippen molar-refractivity contribution in [2.75, 3.05) is 14.2 Å². The highest BCUT2D eigenvalue weighted by molar-refractivity contribution is 5.96. The third kappa shape index (κ3) is 1.60. The van der Waals surface area contributed by atoms with Crippen LogP contribution in [0.4, 0.5) is 0 Å². The Morgan fingerprint density at radius 2 is 1.81 bits per heavy atom. The molecule has 0 aliphatic heterocycles. The standard InChI is InChI=1S/C13H12O3/c1-15-11-6-5-9-3-4-10(8-14)13(16-2)12(9)7-11/h3-8H,1-2H3. The number of benzene rings is 2. The summed E-state index contributed by atoms with van der Waals surface area (Å²) in [5.74, 6) is 1.33. The fourth-order valence-corrected chi connectivity index (χ4v) is 1.74. The van der Waals surface area contributed by atoms with Crippen molar-refractivity contribution in [3.05, 3.63) is 35.9 Å². The molecule has 0 aliphatic carbocycles. The molecule has 0 saturated heterocycles. The van der Waals surface area contributed by atoms with Gasteiger partial charge in [-0.15, -0.1) is 0 Å². The Morgan fingerprint density at radius 1 is 1.06 bits per heavy atom. The zero-order valence-corrected chi connectivity index (χ0v) is 9.19. The Bertz CT molecular complexity index is 532. The molecule has 0 saturated carbocycles. The molecule has 0 heterocycles. The number of fused-ring (bicyclic) bond motifs is 1. The quantitative estimate of drug-likeness (QED) is 0.740. The Balaban J connectivity index is 2.77. The normalized spacial score (nSPS) is 10.1. The van der Waals surface area contributed by atoms with E-state index in [9.17, 15) is 4.79 Å². The van der Waals surface area contributed by atoms with Gasteiger partial charge in [-0.2, -0.15) is 0 Å². The number of aldehydes is 1. The maximum atomic E-state index is 10.9. The van der Waals surface area contributed by atoms with E-state index in [2.05, 4.69) is 0 Å². The first-order valence-corrected chi connectivity index (χ1v) is 4.90. The SMILES string of the molecule is COc1ccc2ccc(C=O)c(OC)c2c1. The number of hydrogen-bond acceptors (Lipinski definition) is 3. The molecule has 0 spiro atoms. The Morgan fingerprint density at radius 3 is 2.44 bits per heavy atom. The lowest BCUT2D eigenvalue weighted by atomic mass is 10.1. The van der Waals surface area contributed by atoms with Gasteiger partial charge in [0.25, 0.3) is 0 Å². The van der Waals surface area contributed by atoms with Gasteiger partial charge in [0.1, 0.15) is 11.5 Å². The maximum absolute atomic E-state index is 10.9. The molecule has 0 unspecified atom stereocenters. The molecule has 3 heteroatoms. The van der Waals surface area contributed by atoms with E-state index in [4.69, 9.17) is 9.47 Å². The predicted molar refractivity (Wildman–Crippen MR) is 62.4 cm³/mol. The van der Waals surface area contributed by atoms with Crippen LogP contribution in [0.2, 0.25) is 0 Å². The predicted octanol–water partition coefficient (Wildman–Crippen LogP) is 2.67. The summed E-state index contributed by atoms with van der Waals surface area (Å²) in [6.45, 7) is 0. The highest BCUT2D eigenvalue weighted by Gasteiger charge is 2.08. The second-order valence-corrected chi connectivity index (χ2v) is 3.39. The summed E-state index contributed by atoms with van der Waals surface area (Å²) in [5.41, 5.74) is 0.545. The number of hydrogen-bond donors (Lipinski definition) is 0. The van der Waals surface area contributed by atoms with Gasteiger partial charge < -0.3 is 9.47 Å². The number of methoxy groups -OCH3 is 2. The van der Waals surface area contributed by atoms with Gasteiger partial charge in [0.2, 0.25) is 0 Å². The Kier molecular flexibility index (Phi) is 2.77. The smallest absolute Gasteiger partial charge is 0.153 e. The fraction of sp³-hybridized carbons (Fsp3) is 0.154. The van der Waals surface area contributed by atoms with E-state index in [0.717, 1.165) is 22.8 Å². The van der Waals surface area contributed by atoms with Crippen molar-refractivity contribution in [2.24, 2.45) is 0 Å². The van der Waals surface area contributed by atoms with Crippen LogP contribution in [-0.4, -0.2) is 20.5 Å². The summed E-state index contributed by atoms with van der Waals surface area (Å²) >= 11 is 0. The summed E-state index contributed by atoms with van der Waals surface area (Å²) < 4.78 is 10.4. The second-order valence-electron chi connectivity index (χ2n) is 3.39. The van der Waals surface area contributed by atoms with Crippen LogP contribution < -0.4 is 9.47 Å². The first-order valence-electron chi connectivity index (χ1n) is 4.90. The monoisotopic (exact) mass is 216 g/mol. The fourth-order valence-electron chi connectivity index (χ4n) is 1.74. The van der Waals surface area contributed by atoms with Crippen LogP contribution in [0.3, 0.4) is 0 Å². The highest BCUT2D eigenvalue weighted by atomic mass is 16.5. The molecule has 0 radical (unpaired) electrons. The van der Waals surface area contributed by atoms with Gasteiger partial charge in [-0.25, -0.2) is 0 Å². The average Bonchev–Trinajstić information content (AvgIpc) is 2.36. The van der Waals surface area contributed by atoms with Crippen molar-refractivity contribution in [1.29, 1.82) is 0 Å². The number of carbonyl (C=O) groups excluding carboxylic acids is 1. The van der Waals surface area contributed by atoms with Crippen LogP contribution in [0.5, 0.6) is 11.5 Å². The molecule has 0 aliphatic rings. The summed E-state index contributed by atoms with van der Waals surface area (Å²) in [7, 11) is 3.17. The zero-order valence-electron chi connectivity index (χ0n) is 9.19. The molecule has 0 amide bonds. The van der Waals surface area contributed by atoms with Gasteiger partial charge in [-0.3, -0.25) is 4.79 Å². The second kappa shape index (κ2) is 4.23. The van der Waals surface area contributed by atoms with Crippen LogP contribution in [0.25, 0.3) is 10.8 Å². The molecule has 0 aromatic heterocycles. The third-order valence-corrected chi connectivity index (χ3v) is 2.54. The van der Waals surface area contributed by atoms with Gasteiger partial charge in [0.05, 0.1) is 19.8 Å². The molecular formula is C13H12O3. The first kappa shape index (κ1) is 10.5. The van der Waals surface area contributed by atoms with E-state index in [1.807, 2.05) is 24.3 Å². The summed E-state index contributed by atoms with van der Waals surface area (Å²) in [6.07, 6.45) is 0.789. The maximum Gasteiger partial charge on any atom is 0.153 e. The summed E-state index contributed by atoms with van der Waals surface area (Å²) in [6, 6.07) is 9.32. The van der Waals surface area contributed by atoms with Crippen molar-refractivity contribution in [1.82, 2.24) is 0 Å². The number of rotatable bonds is 3. The molecule has 2 aromatic rings. The third-order valence-electron chi connectivity index (χ3n) is 2.54. The van der Waals surface area contributed by atoms with Crippen LogP contribution >= 0.6 is 0 Å². The molecule has 2 rings (SSSR count). The van der Waals surface area contributed by atoms with E-state index in [1.54, 1.807) is 20.3 Å². The number of carbonyl (C=O) groups is 1. The largest absolute Gasteiger partial charge is 0.497 e. The Hall–Kier alpha value is -2.03. The Labute approximate surface area is 93.6 Å². The molecular weight excluding hydrogens is 204 g/mol. The van der Waals surface area contributed by atoms with Gasteiger partial charge in [0, 0.05) is 5.39 Å². The minimum Gasteiger partial charge on any atom is -0.497 e. The van der Waals surface area contributed by atoms with Crippen LogP contribution in [-0.2, 0) is 0 Å². The zero-order chi connectivity index (χ0) is 11.5. The number of ether oxygens (including phenoxy) is 2. The van der Waals surface area contributed by atoms with E-state index >= 15 is 0 Å². The lowest BCUT2D eigenvalue weighted by molar-refractivity contribution is 0.112. The van der Waals surface area contributed by atoms with E-state index in [1.165, 1.54) is 0 Å². The van der Waals surface area contributed by atoms with Gasteiger partial charge in [-0.1, -0.05) is 12.1 Å². The molecule has 82 valence electrons. The minimum absolute atomic E-state index is 0.545. The van der Waals surface area contributed by atoms with Crippen molar-refractivity contribution < 1.29 is 14.3 Å². The van der Waals surface area contributed by atoms with Crippen molar-refractivity contribution in [3.8, 4) is 11.5 Å². The van der Waals surface area contributed by atoms with Crippen molar-refractivity contribution >= 4 is 17.1 Å². The molecule has 16 heavy (non-hydrogen) atoms. The lowest BCUT2D eigenvalue weighted by Gasteiger charge is -2.09. The summed E-state index contributed by atoms with van der Waals surface area (Å²) in [5, 5.41) is 1.90. The van der Waals surface area contributed by atoms with E-state index in [0.29, 0.717) is 11.3 Å². The van der Waals surface area contributed by atoms with E-state index in [-0.39, 0.29) is 0 Å². The average molecular weight is 216 g/mol. The molecule has 0 N–H and O–H groups in total. The molecule has 2 aromatic carbocycles. The van der Waals surface area contributed by atoms with Gasteiger partial charge in [-0.05, 0) is 23.6 Å². The topological polar surface area (TPSA) is 35.5 Å². The molecule has 3 nitrogen and oxygen atoms in total. The van der Waals surface area contributed by atoms with Gasteiger partial charge >= 0.3 is 0 Å². The lowest BCUT2D eigenvalue weighted by Crippen LogP contribution is -1.92. The van der Waals surface area contributed by atoms with Crippen LogP contribution in [0, 0.1) is 0 Å². The van der Waals surface area contributed by atoms with Crippen LogP contribution in [0.15, 0.2) is 30.3 Å². The molecule has 0 fully saturated rings. The minimum atomic E-state index is 0.545. The first-order chi connectivity index (χ1) is 7.80. The van der Waals surface area contributed by atoms with E-state index < -0.39 is 0 Å².